The van der Waals surface area contributed by atoms with Crippen LogP contribution in [0.3, 0.4) is 0 Å². The molecule has 1 atom stereocenters. The van der Waals surface area contributed by atoms with E-state index in [2.05, 4.69) is 0 Å². The SMILES string of the molecule is CC(=O)C(CCO)Cc1cccc([N+](=O)[O-])c1C. The van der Waals surface area contributed by atoms with Gasteiger partial charge in [-0.15, -0.1) is 0 Å². The van der Waals surface area contributed by atoms with Gasteiger partial charge in [0.05, 0.1) is 4.92 Å². The highest BCUT2D eigenvalue weighted by molar-refractivity contribution is 5.78. The number of ketones is 1. The van der Waals surface area contributed by atoms with Crippen LogP contribution in [0.2, 0.25) is 0 Å². The topological polar surface area (TPSA) is 80.4 Å². The van der Waals surface area contributed by atoms with Gasteiger partial charge in [0.1, 0.15) is 5.78 Å². The second-order valence-electron chi connectivity index (χ2n) is 4.34. The third kappa shape index (κ3) is 3.37. The Bertz CT molecular complexity index is 456. The van der Waals surface area contributed by atoms with Crippen molar-refractivity contribution >= 4 is 11.5 Å². The van der Waals surface area contributed by atoms with Gasteiger partial charge in [0.2, 0.25) is 0 Å². The first kappa shape index (κ1) is 14.3. The lowest BCUT2D eigenvalue weighted by atomic mass is 9.90. The van der Waals surface area contributed by atoms with E-state index in [0.717, 1.165) is 5.56 Å². The molecule has 5 nitrogen and oxygen atoms in total. The van der Waals surface area contributed by atoms with Crippen molar-refractivity contribution in [3.8, 4) is 0 Å². The maximum atomic E-state index is 11.4. The molecule has 0 bridgehead atoms. The Kier molecular flexibility index (Phi) is 4.97. The molecule has 1 aromatic carbocycles. The van der Waals surface area contributed by atoms with Gasteiger partial charge in [0, 0.05) is 24.2 Å². The molecule has 0 aromatic heterocycles. The van der Waals surface area contributed by atoms with Crippen LogP contribution in [0.5, 0.6) is 0 Å². The van der Waals surface area contributed by atoms with Gasteiger partial charge in [-0.2, -0.15) is 0 Å². The average molecular weight is 251 g/mol. The number of benzene rings is 1. The first-order chi connectivity index (χ1) is 8.47. The van der Waals surface area contributed by atoms with E-state index in [0.29, 0.717) is 18.4 Å². The summed E-state index contributed by atoms with van der Waals surface area (Å²) in [5.41, 5.74) is 1.45. The number of hydrogen-bond acceptors (Lipinski definition) is 4. The second-order valence-corrected chi connectivity index (χ2v) is 4.34. The summed E-state index contributed by atoms with van der Waals surface area (Å²) in [6.45, 7) is 3.11. The van der Waals surface area contributed by atoms with E-state index >= 15 is 0 Å². The summed E-state index contributed by atoms with van der Waals surface area (Å²) in [7, 11) is 0. The fourth-order valence-corrected chi connectivity index (χ4v) is 1.96. The molecule has 0 saturated carbocycles. The van der Waals surface area contributed by atoms with Gasteiger partial charge in [-0.25, -0.2) is 0 Å². The highest BCUT2D eigenvalue weighted by Crippen LogP contribution is 2.24. The average Bonchev–Trinajstić information content (AvgIpc) is 2.30. The van der Waals surface area contributed by atoms with Crippen LogP contribution in [0, 0.1) is 23.0 Å². The molecule has 0 amide bonds. The lowest BCUT2D eigenvalue weighted by molar-refractivity contribution is -0.385. The number of aliphatic hydroxyl groups is 1. The van der Waals surface area contributed by atoms with Gasteiger partial charge in [0.25, 0.3) is 5.69 Å². The Morgan fingerprint density at radius 2 is 2.17 bits per heavy atom. The zero-order chi connectivity index (χ0) is 13.7. The number of carbonyl (C=O) groups is 1. The molecule has 5 heteroatoms. The van der Waals surface area contributed by atoms with Crippen LogP contribution >= 0.6 is 0 Å². The van der Waals surface area contributed by atoms with Crippen LogP contribution in [0.15, 0.2) is 18.2 Å². The molecule has 0 fully saturated rings. The van der Waals surface area contributed by atoms with E-state index in [1.807, 2.05) is 0 Å². The Morgan fingerprint density at radius 1 is 1.50 bits per heavy atom. The molecule has 1 rings (SSSR count). The van der Waals surface area contributed by atoms with Crippen LogP contribution in [-0.2, 0) is 11.2 Å². The highest BCUT2D eigenvalue weighted by atomic mass is 16.6. The first-order valence-corrected chi connectivity index (χ1v) is 5.81. The Morgan fingerprint density at radius 3 is 2.67 bits per heavy atom. The molecule has 0 radical (unpaired) electrons. The lowest BCUT2D eigenvalue weighted by Gasteiger charge is -2.14. The fourth-order valence-electron chi connectivity index (χ4n) is 1.96. The van der Waals surface area contributed by atoms with E-state index in [1.165, 1.54) is 13.0 Å². The van der Waals surface area contributed by atoms with E-state index in [9.17, 15) is 14.9 Å². The fraction of sp³-hybridized carbons (Fsp3) is 0.462. The van der Waals surface area contributed by atoms with Gasteiger partial charge < -0.3 is 5.11 Å². The molecular weight excluding hydrogens is 234 g/mol. The number of Topliss-reactive ketones (excluding diaryl/α,β-unsaturated/α-hetero) is 1. The van der Waals surface area contributed by atoms with Crippen molar-refractivity contribution in [3.05, 3.63) is 39.4 Å². The van der Waals surface area contributed by atoms with E-state index in [4.69, 9.17) is 5.11 Å². The summed E-state index contributed by atoms with van der Waals surface area (Å²) in [4.78, 5) is 21.8. The van der Waals surface area contributed by atoms with Crippen LogP contribution in [0.1, 0.15) is 24.5 Å². The van der Waals surface area contributed by atoms with E-state index in [-0.39, 0.29) is 24.0 Å². The monoisotopic (exact) mass is 251 g/mol. The van der Waals surface area contributed by atoms with Crippen LogP contribution < -0.4 is 0 Å². The number of aliphatic hydroxyl groups excluding tert-OH is 1. The summed E-state index contributed by atoms with van der Waals surface area (Å²) in [5, 5.41) is 19.7. The van der Waals surface area contributed by atoms with Crippen molar-refractivity contribution in [2.75, 3.05) is 6.61 Å². The molecule has 1 aromatic rings. The van der Waals surface area contributed by atoms with E-state index < -0.39 is 4.92 Å². The summed E-state index contributed by atoms with van der Waals surface area (Å²) in [5.74, 6) is -0.286. The third-order valence-electron chi connectivity index (χ3n) is 3.13. The van der Waals surface area contributed by atoms with Crippen molar-refractivity contribution in [1.82, 2.24) is 0 Å². The van der Waals surface area contributed by atoms with E-state index in [1.54, 1.807) is 19.1 Å². The molecule has 1 N–H and O–H groups in total. The molecule has 0 saturated heterocycles. The van der Waals surface area contributed by atoms with Crippen molar-refractivity contribution in [2.24, 2.45) is 5.92 Å². The van der Waals surface area contributed by atoms with Crippen molar-refractivity contribution in [1.29, 1.82) is 0 Å². The first-order valence-electron chi connectivity index (χ1n) is 5.81. The van der Waals surface area contributed by atoms with Crippen LogP contribution in [0.4, 0.5) is 5.69 Å². The molecule has 0 aliphatic carbocycles. The Balaban J connectivity index is 2.99. The summed E-state index contributed by atoms with van der Waals surface area (Å²) in [6, 6.07) is 4.86. The molecule has 0 aliphatic rings. The minimum absolute atomic E-state index is 0.00467. The summed E-state index contributed by atoms with van der Waals surface area (Å²) >= 11 is 0. The zero-order valence-electron chi connectivity index (χ0n) is 10.5. The predicted molar refractivity (Wildman–Crippen MR) is 67.4 cm³/mol. The van der Waals surface area contributed by atoms with Crippen molar-refractivity contribution < 1.29 is 14.8 Å². The molecule has 0 heterocycles. The van der Waals surface area contributed by atoms with Crippen LogP contribution in [-0.4, -0.2) is 22.4 Å². The Labute approximate surface area is 106 Å². The number of nitro benzene ring substituents is 1. The van der Waals surface area contributed by atoms with Gasteiger partial charge in [-0.1, -0.05) is 12.1 Å². The standard InChI is InChI=1S/C13H17NO4/c1-9-11(4-3-5-13(9)14(17)18)8-12(6-7-15)10(2)16/h3-5,12,15H,6-8H2,1-2H3. The molecule has 0 aliphatic heterocycles. The lowest BCUT2D eigenvalue weighted by Crippen LogP contribution is -2.16. The molecule has 98 valence electrons. The quantitative estimate of drug-likeness (QED) is 0.619. The Hall–Kier alpha value is -1.75. The number of hydrogen-bond donors (Lipinski definition) is 1. The van der Waals surface area contributed by atoms with Gasteiger partial charge >= 0.3 is 0 Å². The minimum atomic E-state index is -0.423. The van der Waals surface area contributed by atoms with Crippen molar-refractivity contribution in [2.45, 2.75) is 26.7 Å². The molecular formula is C13H17NO4. The molecule has 18 heavy (non-hydrogen) atoms. The second kappa shape index (κ2) is 6.26. The normalized spacial score (nSPS) is 12.2. The van der Waals surface area contributed by atoms with Crippen molar-refractivity contribution in [3.63, 3.8) is 0 Å². The van der Waals surface area contributed by atoms with Gasteiger partial charge in [-0.05, 0) is 32.3 Å². The molecule has 1 unspecified atom stereocenters. The van der Waals surface area contributed by atoms with Gasteiger partial charge in [-0.3, -0.25) is 14.9 Å². The number of nitro groups is 1. The minimum Gasteiger partial charge on any atom is -0.396 e. The predicted octanol–water partition coefficient (Wildman–Crippen LogP) is 2.03. The molecule has 0 spiro atoms. The largest absolute Gasteiger partial charge is 0.396 e. The number of carbonyl (C=O) groups excluding carboxylic acids is 1. The summed E-state index contributed by atoms with van der Waals surface area (Å²) < 4.78 is 0. The third-order valence-corrected chi connectivity index (χ3v) is 3.13. The highest BCUT2D eigenvalue weighted by Gasteiger charge is 2.19. The van der Waals surface area contributed by atoms with Gasteiger partial charge in [0.15, 0.2) is 0 Å². The van der Waals surface area contributed by atoms with Crippen LogP contribution in [0.25, 0.3) is 0 Å². The maximum absolute atomic E-state index is 11.4. The zero-order valence-corrected chi connectivity index (χ0v) is 10.5. The summed E-state index contributed by atoms with van der Waals surface area (Å²) in [6.07, 6.45) is 0.820. The smallest absolute Gasteiger partial charge is 0.272 e. The number of rotatable bonds is 6. The number of nitrogens with zero attached hydrogens (tertiary/aromatic N) is 1. The maximum Gasteiger partial charge on any atom is 0.272 e.